The second-order valence-electron chi connectivity index (χ2n) is 3.67. The molecule has 0 aromatic carbocycles. The summed E-state index contributed by atoms with van der Waals surface area (Å²) >= 11 is 0. The van der Waals surface area contributed by atoms with E-state index in [1.54, 1.807) is 17.6 Å². The van der Waals surface area contributed by atoms with Gasteiger partial charge in [0, 0.05) is 26.2 Å². The van der Waals surface area contributed by atoms with Crippen LogP contribution in [0.25, 0.3) is 0 Å². The van der Waals surface area contributed by atoms with Crippen molar-refractivity contribution in [3.8, 4) is 0 Å². The molecule has 0 unspecified atom stereocenters. The molecule has 0 fully saturated rings. The quantitative estimate of drug-likeness (QED) is 0.596. The summed E-state index contributed by atoms with van der Waals surface area (Å²) in [4.78, 5) is 22.7. The summed E-state index contributed by atoms with van der Waals surface area (Å²) in [7, 11) is 1.81. The van der Waals surface area contributed by atoms with E-state index in [-0.39, 0.29) is 11.9 Å². The third kappa shape index (κ3) is 4.30. The van der Waals surface area contributed by atoms with Gasteiger partial charge in [0.1, 0.15) is 5.69 Å². The summed E-state index contributed by atoms with van der Waals surface area (Å²) < 4.78 is 6.54. The van der Waals surface area contributed by atoms with Crippen molar-refractivity contribution in [1.82, 2.24) is 9.88 Å². The summed E-state index contributed by atoms with van der Waals surface area (Å²) in [6, 6.07) is 3.56. The van der Waals surface area contributed by atoms with E-state index < -0.39 is 0 Å². The maximum absolute atomic E-state index is 11.6. The Bertz CT molecular complexity index is 385. The highest BCUT2D eigenvalue weighted by Crippen LogP contribution is 1.99. The monoisotopic (exact) mass is 238 g/mol. The fourth-order valence-corrected chi connectivity index (χ4v) is 1.46. The van der Waals surface area contributed by atoms with Gasteiger partial charge < -0.3 is 14.6 Å². The van der Waals surface area contributed by atoms with Crippen LogP contribution < -0.4 is 5.32 Å². The molecule has 0 spiro atoms. The zero-order valence-electron chi connectivity index (χ0n) is 10.2. The molecule has 0 aliphatic rings. The van der Waals surface area contributed by atoms with Crippen molar-refractivity contribution in [1.29, 1.82) is 0 Å². The van der Waals surface area contributed by atoms with Crippen molar-refractivity contribution in [2.45, 2.75) is 19.8 Å². The van der Waals surface area contributed by atoms with Crippen LogP contribution in [0.3, 0.4) is 0 Å². The minimum Gasteiger partial charge on any atom is -0.466 e. The van der Waals surface area contributed by atoms with Crippen molar-refractivity contribution in [3.05, 3.63) is 24.0 Å². The van der Waals surface area contributed by atoms with Crippen LogP contribution >= 0.6 is 0 Å². The first-order chi connectivity index (χ1) is 8.15. The number of nitrogens with zero attached hydrogens (tertiary/aromatic N) is 1. The zero-order valence-corrected chi connectivity index (χ0v) is 10.2. The molecule has 5 heteroatoms. The molecule has 1 aromatic heterocycles. The second-order valence-corrected chi connectivity index (χ2v) is 3.67. The molecule has 0 saturated heterocycles. The first-order valence-electron chi connectivity index (χ1n) is 5.70. The molecule has 1 aromatic rings. The van der Waals surface area contributed by atoms with Crippen LogP contribution in [0.1, 0.15) is 30.3 Å². The van der Waals surface area contributed by atoms with Gasteiger partial charge in [0.05, 0.1) is 6.61 Å². The van der Waals surface area contributed by atoms with Gasteiger partial charge in [-0.25, -0.2) is 0 Å². The number of esters is 1. The Hall–Kier alpha value is -1.78. The van der Waals surface area contributed by atoms with E-state index in [1.807, 2.05) is 19.3 Å². The third-order valence-electron chi connectivity index (χ3n) is 2.32. The first-order valence-corrected chi connectivity index (χ1v) is 5.70. The number of aryl methyl sites for hydroxylation is 1. The molecule has 1 N–H and O–H groups in total. The summed E-state index contributed by atoms with van der Waals surface area (Å²) in [5, 5.41) is 2.76. The Balaban J connectivity index is 2.21. The molecule has 0 saturated carbocycles. The van der Waals surface area contributed by atoms with Gasteiger partial charge in [-0.15, -0.1) is 0 Å². The summed E-state index contributed by atoms with van der Waals surface area (Å²) in [6.07, 6.45) is 2.74. The van der Waals surface area contributed by atoms with Gasteiger partial charge in [0.2, 0.25) is 0 Å². The molecular formula is C12H18N2O3. The maximum atomic E-state index is 11.6. The van der Waals surface area contributed by atoms with Crippen molar-refractivity contribution >= 4 is 11.9 Å². The van der Waals surface area contributed by atoms with Crippen molar-refractivity contribution in [2.24, 2.45) is 7.05 Å². The van der Waals surface area contributed by atoms with Crippen molar-refractivity contribution in [3.63, 3.8) is 0 Å². The average Bonchev–Trinajstić information content (AvgIpc) is 2.71. The molecule has 0 aliphatic heterocycles. The number of hydrogen-bond donors (Lipinski definition) is 1. The number of ether oxygens (including phenoxy) is 1. The van der Waals surface area contributed by atoms with Crippen LogP contribution in [-0.4, -0.2) is 29.6 Å². The molecule has 17 heavy (non-hydrogen) atoms. The van der Waals surface area contributed by atoms with Crippen molar-refractivity contribution < 1.29 is 14.3 Å². The Morgan fingerprint density at radius 3 is 2.82 bits per heavy atom. The Kier molecular flexibility index (Phi) is 5.26. The zero-order chi connectivity index (χ0) is 12.7. The minimum atomic E-state index is -0.222. The molecule has 5 nitrogen and oxygen atoms in total. The van der Waals surface area contributed by atoms with Gasteiger partial charge in [-0.1, -0.05) is 0 Å². The fourth-order valence-electron chi connectivity index (χ4n) is 1.46. The predicted octanol–water partition coefficient (Wildman–Crippen LogP) is 1.10. The number of amides is 1. The lowest BCUT2D eigenvalue weighted by molar-refractivity contribution is -0.143. The van der Waals surface area contributed by atoms with Gasteiger partial charge in [-0.3, -0.25) is 9.59 Å². The normalized spacial score (nSPS) is 10.0. The topological polar surface area (TPSA) is 60.3 Å². The highest BCUT2D eigenvalue weighted by Gasteiger charge is 2.08. The van der Waals surface area contributed by atoms with Gasteiger partial charge in [-0.2, -0.15) is 0 Å². The highest BCUT2D eigenvalue weighted by atomic mass is 16.5. The standard InChI is InChI=1S/C12H18N2O3/c1-3-17-11(15)7-4-8-13-12(16)10-6-5-9-14(10)2/h5-6,9H,3-4,7-8H2,1-2H3,(H,13,16). The molecule has 0 bridgehead atoms. The van der Waals surface area contributed by atoms with Crippen LogP contribution in [0.4, 0.5) is 0 Å². The van der Waals surface area contributed by atoms with Crippen LogP contribution in [0.5, 0.6) is 0 Å². The van der Waals surface area contributed by atoms with Crippen LogP contribution in [0.15, 0.2) is 18.3 Å². The lowest BCUT2D eigenvalue weighted by Crippen LogP contribution is -2.26. The number of hydrogen-bond acceptors (Lipinski definition) is 3. The van der Waals surface area contributed by atoms with Gasteiger partial charge in [-0.05, 0) is 25.5 Å². The number of carbonyl (C=O) groups is 2. The van der Waals surface area contributed by atoms with Gasteiger partial charge >= 0.3 is 5.97 Å². The molecule has 1 rings (SSSR count). The SMILES string of the molecule is CCOC(=O)CCCNC(=O)c1cccn1C. The van der Waals surface area contributed by atoms with Crippen LogP contribution in [0.2, 0.25) is 0 Å². The number of nitrogens with one attached hydrogen (secondary N) is 1. The second kappa shape index (κ2) is 6.73. The Morgan fingerprint density at radius 2 is 2.24 bits per heavy atom. The Labute approximate surface area is 101 Å². The van der Waals surface area contributed by atoms with Crippen LogP contribution in [0, 0.1) is 0 Å². The smallest absolute Gasteiger partial charge is 0.305 e. The van der Waals surface area contributed by atoms with Crippen LogP contribution in [-0.2, 0) is 16.6 Å². The summed E-state index contributed by atoms with van der Waals surface area (Å²) in [5.74, 6) is -0.345. The first kappa shape index (κ1) is 13.3. The minimum absolute atomic E-state index is 0.124. The van der Waals surface area contributed by atoms with E-state index in [1.165, 1.54) is 0 Å². The van der Waals surface area contributed by atoms with Crippen molar-refractivity contribution in [2.75, 3.05) is 13.2 Å². The molecule has 0 atom stereocenters. The Morgan fingerprint density at radius 1 is 1.47 bits per heavy atom. The lowest BCUT2D eigenvalue weighted by Gasteiger charge is -2.05. The van der Waals surface area contributed by atoms with E-state index in [2.05, 4.69) is 5.32 Å². The van der Waals surface area contributed by atoms with E-state index in [0.717, 1.165) is 0 Å². The number of aromatic nitrogens is 1. The third-order valence-corrected chi connectivity index (χ3v) is 2.32. The molecular weight excluding hydrogens is 220 g/mol. The predicted molar refractivity (Wildman–Crippen MR) is 63.6 cm³/mol. The van der Waals surface area contributed by atoms with Gasteiger partial charge in [0.25, 0.3) is 5.91 Å². The average molecular weight is 238 g/mol. The molecule has 1 heterocycles. The molecule has 94 valence electrons. The van der Waals surface area contributed by atoms with E-state index in [4.69, 9.17) is 4.74 Å². The molecule has 0 radical (unpaired) electrons. The highest BCUT2D eigenvalue weighted by molar-refractivity contribution is 5.92. The largest absolute Gasteiger partial charge is 0.466 e. The van der Waals surface area contributed by atoms with E-state index >= 15 is 0 Å². The lowest BCUT2D eigenvalue weighted by atomic mass is 10.3. The molecule has 1 amide bonds. The number of carbonyl (C=O) groups excluding carboxylic acids is 2. The summed E-state index contributed by atoms with van der Waals surface area (Å²) in [6.45, 7) is 2.65. The van der Waals surface area contributed by atoms with E-state index in [0.29, 0.717) is 31.7 Å². The maximum Gasteiger partial charge on any atom is 0.305 e. The van der Waals surface area contributed by atoms with E-state index in [9.17, 15) is 9.59 Å². The summed E-state index contributed by atoms with van der Waals surface area (Å²) in [5.41, 5.74) is 0.612. The van der Waals surface area contributed by atoms with Gasteiger partial charge in [0.15, 0.2) is 0 Å². The fraction of sp³-hybridized carbons (Fsp3) is 0.500. The number of rotatable bonds is 6. The molecule has 0 aliphatic carbocycles.